The highest BCUT2D eigenvalue weighted by Crippen LogP contribution is 2.36. The highest BCUT2D eigenvalue weighted by Gasteiger charge is 2.22. The maximum atomic E-state index is 14.4. The summed E-state index contributed by atoms with van der Waals surface area (Å²) in [6.07, 6.45) is 6.17. The van der Waals surface area contributed by atoms with Crippen molar-refractivity contribution in [3.63, 3.8) is 0 Å². The molecular formula is C19H20FN5S. The number of hydrogen-bond acceptors (Lipinski definition) is 4. The number of thiophene rings is 1. The molecule has 0 radical (unpaired) electrons. The van der Waals surface area contributed by atoms with Gasteiger partial charge >= 0.3 is 0 Å². The van der Waals surface area contributed by atoms with Gasteiger partial charge < -0.3 is 5.32 Å². The van der Waals surface area contributed by atoms with Crippen LogP contribution in [-0.2, 0) is 7.05 Å². The standard InChI is InChI=1S/C19H20FN5S/c1-11-5-12(3-4-21-11)17-7-14-10-25(23-19(14)26-17)15-6-13-9-24(2)22-18(13)16(20)8-15/h6-12,21H,3-5H2,1-2H3/t11-,12-/m0/s1. The number of rotatable bonds is 2. The normalized spacial score (nSPS) is 21.0. The quantitative estimate of drug-likeness (QED) is 0.582. The number of piperidine rings is 1. The van der Waals surface area contributed by atoms with Crippen LogP contribution in [-0.4, -0.2) is 32.1 Å². The fourth-order valence-electron chi connectivity index (χ4n) is 3.90. The molecule has 5 nitrogen and oxygen atoms in total. The van der Waals surface area contributed by atoms with Crippen LogP contribution in [0.5, 0.6) is 0 Å². The Morgan fingerprint density at radius 3 is 2.88 bits per heavy atom. The molecule has 1 saturated heterocycles. The first-order chi connectivity index (χ1) is 12.6. The molecule has 1 N–H and O–H groups in total. The van der Waals surface area contributed by atoms with E-state index < -0.39 is 0 Å². The van der Waals surface area contributed by atoms with Gasteiger partial charge in [-0.15, -0.1) is 11.3 Å². The van der Waals surface area contributed by atoms with Crippen molar-refractivity contribution in [2.45, 2.75) is 31.7 Å². The first kappa shape index (κ1) is 16.0. The topological polar surface area (TPSA) is 47.7 Å². The van der Waals surface area contributed by atoms with Gasteiger partial charge in [0.15, 0.2) is 5.82 Å². The first-order valence-corrected chi connectivity index (χ1v) is 9.74. The van der Waals surface area contributed by atoms with E-state index in [2.05, 4.69) is 23.4 Å². The number of halogens is 1. The lowest BCUT2D eigenvalue weighted by molar-refractivity contribution is 0.384. The lowest BCUT2D eigenvalue weighted by Crippen LogP contribution is -2.34. The fourth-order valence-corrected chi connectivity index (χ4v) is 5.05. The van der Waals surface area contributed by atoms with Crippen molar-refractivity contribution >= 4 is 32.5 Å². The van der Waals surface area contributed by atoms with Crippen molar-refractivity contribution < 1.29 is 4.39 Å². The molecule has 26 heavy (non-hydrogen) atoms. The Bertz CT molecular complexity index is 1080. The summed E-state index contributed by atoms with van der Waals surface area (Å²) in [5.74, 6) is 0.296. The third kappa shape index (κ3) is 2.62. The molecule has 4 aromatic rings. The van der Waals surface area contributed by atoms with Crippen LogP contribution < -0.4 is 5.32 Å². The van der Waals surface area contributed by atoms with Gasteiger partial charge in [-0.25, -0.2) is 9.07 Å². The molecule has 4 heterocycles. The zero-order chi connectivity index (χ0) is 17.8. The molecule has 3 aromatic heterocycles. The van der Waals surface area contributed by atoms with Gasteiger partial charge in [0.1, 0.15) is 10.3 Å². The smallest absolute Gasteiger partial charge is 0.153 e. The first-order valence-electron chi connectivity index (χ1n) is 8.92. The second-order valence-corrected chi connectivity index (χ2v) is 8.29. The van der Waals surface area contributed by atoms with E-state index in [0.717, 1.165) is 27.8 Å². The second kappa shape index (κ2) is 5.89. The van der Waals surface area contributed by atoms with E-state index in [9.17, 15) is 4.39 Å². The Morgan fingerprint density at radius 2 is 2.08 bits per heavy atom. The summed E-state index contributed by atoms with van der Waals surface area (Å²) >= 11 is 1.76. The lowest BCUT2D eigenvalue weighted by atomic mass is 9.92. The molecule has 0 saturated carbocycles. The minimum absolute atomic E-state index is 0.318. The molecule has 1 aliphatic rings. The molecule has 0 unspecified atom stereocenters. The number of hydrogen-bond donors (Lipinski definition) is 1. The highest BCUT2D eigenvalue weighted by atomic mass is 32.1. The molecule has 1 aromatic carbocycles. The van der Waals surface area contributed by atoms with E-state index in [1.807, 2.05) is 18.5 Å². The number of nitrogens with zero attached hydrogens (tertiary/aromatic N) is 4. The third-order valence-electron chi connectivity index (χ3n) is 5.17. The Balaban J connectivity index is 1.51. The van der Waals surface area contributed by atoms with Crippen LogP contribution in [0, 0.1) is 5.82 Å². The molecule has 1 aliphatic heterocycles. The van der Waals surface area contributed by atoms with Crippen LogP contribution in [0.1, 0.15) is 30.6 Å². The van der Waals surface area contributed by atoms with E-state index in [4.69, 9.17) is 5.10 Å². The molecule has 1 fully saturated rings. The van der Waals surface area contributed by atoms with E-state index in [1.54, 1.807) is 27.7 Å². The summed E-state index contributed by atoms with van der Waals surface area (Å²) in [6.45, 7) is 3.32. The number of benzene rings is 1. The van der Waals surface area contributed by atoms with Crippen LogP contribution in [0.25, 0.3) is 26.8 Å². The summed E-state index contributed by atoms with van der Waals surface area (Å²) < 4.78 is 17.8. The zero-order valence-corrected chi connectivity index (χ0v) is 15.6. The van der Waals surface area contributed by atoms with Gasteiger partial charge in [0.2, 0.25) is 0 Å². The second-order valence-electron chi connectivity index (χ2n) is 7.23. The predicted molar refractivity (Wildman–Crippen MR) is 103 cm³/mol. The fraction of sp³-hybridized carbons (Fsp3) is 0.368. The van der Waals surface area contributed by atoms with E-state index in [1.165, 1.54) is 23.8 Å². The van der Waals surface area contributed by atoms with Crippen LogP contribution in [0.3, 0.4) is 0 Å². The Labute approximate surface area is 154 Å². The van der Waals surface area contributed by atoms with E-state index >= 15 is 0 Å². The molecule has 5 rings (SSSR count). The molecule has 0 aliphatic carbocycles. The summed E-state index contributed by atoms with van der Waals surface area (Å²) in [5, 5.41) is 14.3. The van der Waals surface area contributed by atoms with Crippen molar-refractivity contribution in [3.8, 4) is 5.69 Å². The van der Waals surface area contributed by atoms with Crippen LogP contribution in [0.15, 0.2) is 30.6 Å². The number of aryl methyl sites for hydroxylation is 1. The average molecular weight is 369 g/mol. The summed E-state index contributed by atoms with van der Waals surface area (Å²) in [7, 11) is 1.80. The molecule has 0 spiro atoms. The largest absolute Gasteiger partial charge is 0.314 e. The van der Waals surface area contributed by atoms with Crippen molar-refractivity contribution in [2.24, 2.45) is 7.05 Å². The SMILES string of the molecule is C[C@H]1C[C@@H](c2cc3cn(-c4cc(F)c5nn(C)cc5c4)nc3s2)CCN1. The number of aromatic nitrogens is 4. The molecule has 0 bridgehead atoms. The highest BCUT2D eigenvalue weighted by molar-refractivity contribution is 7.18. The molecule has 134 valence electrons. The number of fused-ring (bicyclic) bond motifs is 2. The van der Waals surface area contributed by atoms with Crippen LogP contribution in [0.4, 0.5) is 4.39 Å². The maximum Gasteiger partial charge on any atom is 0.153 e. The van der Waals surface area contributed by atoms with Gasteiger partial charge in [0, 0.05) is 47.2 Å². The monoisotopic (exact) mass is 369 g/mol. The summed E-state index contributed by atoms with van der Waals surface area (Å²) in [5.41, 5.74) is 1.12. The van der Waals surface area contributed by atoms with E-state index in [-0.39, 0.29) is 5.82 Å². The minimum atomic E-state index is -0.318. The Morgan fingerprint density at radius 1 is 1.19 bits per heavy atom. The van der Waals surface area contributed by atoms with E-state index in [0.29, 0.717) is 17.5 Å². The van der Waals surface area contributed by atoms with Crippen molar-refractivity contribution in [1.82, 2.24) is 24.9 Å². The van der Waals surface area contributed by atoms with Crippen molar-refractivity contribution in [3.05, 3.63) is 41.3 Å². The molecule has 0 amide bonds. The van der Waals surface area contributed by atoms with Crippen LogP contribution in [0.2, 0.25) is 0 Å². The zero-order valence-electron chi connectivity index (χ0n) is 14.7. The maximum absolute atomic E-state index is 14.4. The van der Waals surface area contributed by atoms with Crippen LogP contribution >= 0.6 is 11.3 Å². The van der Waals surface area contributed by atoms with Gasteiger partial charge in [0.25, 0.3) is 0 Å². The average Bonchev–Trinajstić information content (AvgIpc) is 3.26. The van der Waals surface area contributed by atoms with Gasteiger partial charge in [-0.1, -0.05) is 0 Å². The summed E-state index contributed by atoms with van der Waals surface area (Å²) in [4.78, 5) is 2.43. The minimum Gasteiger partial charge on any atom is -0.314 e. The van der Waals surface area contributed by atoms with Crippen molar-refractivity contribution in [1.29, 1.82) is 0 Å². The number of nitrogens with one attached hydrogen (secondary N) is 1. The summed E-state index contributed by atoms with van der Waals surface area (Å²) in [6, 6.07) is 6.25. The molecule has 2 atom stereocenters. The lowest BCUT2D eigenvalue weighted by Gasteiger charge is -2.27. The third-order valence-corrected chi connectivity index (χ3v) is 6.37. The molecule has 7 heteroatoms. The van der Waals surface area contributed by atoms with Crippen molar-refractivity contribution in [2.75, 3.05) is 6.54 Å². The van der Waals surface area contributed by atoms with Gasteiger partial charge in [-0.05, 0) is 44.4 Å². The van der Waals surface area contributed by atoms with Gasteiger partial charge in [-0.3, -0.25) is 4.68 Å². The Kier molecular flexibility index (Phi) is 3.62. The molecular weight excluding hydrogens is 349 g/mol. The van der Waals surface area contributed by atoms with Gasteiger partial charge in [-0.2, -0.15) is 10.2 Å². The predicted octanol–water partition coefficient (Wildman–Crippen LogP) is 3.97. The van der Waals surface area contributed by atoms with Gasteiger partial charge in [0.05, 0.1) is 5.69 Å². The Hall–Kier alpha value is -2.25.